The van der Waals surface area contributed by atoms with Crippen molar-refractivity contribution in [3.63, 3.8) is 0 Å². The topological polar surface area (TPSA) is 48.1 Å². The third kappa shape index (κ3) is 13.2. The first-order chi connectivity index (χ1) is 13.8. The molecule has 2 fully saturated rings. The summed E-state index contributed by atoms with van der Waals surface area (Å²) in [5.74, 6) is 1.89. The van der Waals surface area contributed by atoms with Crippen molar-refractivity contribution in [3.8, 4) is 0 Å². The maximum atomic E-state index is 5.14. The van der Waals surface area contributed by atoms with Gasteiger partial charge in [0.05, 0.1) is 18.2 Å². The number of likely N-dealkylation sites (tertiary alicyclic amines) is 1. The van der Waals surface area contributed by atoms with Crippen LogP contribution < -0.4 is 0 Å². The first-order valence-electron chi connectivity index (χ1n) is 10.9. The van der Waals surface area contributed by atoms with Gasteiger partial charge in [0.25, 0.3) is 0 Å². The van der Waals surface area contributed by atoms with Crippen molar-refractivity contribution in [2.75, 3.05) is 33.4 Å². The lowest BCUT2D eigenvalue weighted by atomic mass is 10.00. The van der Waals surface area contributed by atoms with E-state index in [0.29, 0.717) is 0 Å². The maximum Gasteiger partial charge on any atom is 0.0946 e. The Hall–Kier alpha value is -1.66. The van der Waals surface area contributed by atoms with E-state index < -0.39 is 0 Å². The molecule has 2 aliphatic rings. The molecule has 0 N–H and O–H groups in total. The highest BCUT2D eigenvalue weighted by Crippen LogP contribution is 2.13. The summed E-state index contributed by atoms with van der Waals surface area (Å²) in [6, 6.07) is 0. The van der Waals surface area contributed by atoms with Crippen LogP contribution >= 0.6 is 0 Å². The van der Waals surface area contributed by atoms with Gasteiger partial charge in [-0.3, -0.25) is 4.68 Å². The molecule has 4 rings (SSSR count). The van der Waals surface area contributed by atoms with Crippen molar-refractivity contribution >= 4 is 0 Å². The molecule has 2 aliphatic heterocycles. The minimum Gasteiger partial charge on any atom is -0.381 e. The summed E-state index contributed by atoms with van der Waals surface area (Å²) in [5, 5.41) is 3.93. The second-order valence-electron chi connectivity index (χ2n) is 8.65. The van der Waals surface area contributed by atoms with Gasteiger partial charge in [0.2, 0.25) is 0 Å². The molecule has 2 aromatic heterocycles. The predicted molar refractivity (Wildman–Crippen MR) is 121 cm³/mol. The number of rotatable bonds is 0. The molecule has 0 bridgehead atoms. The lowest BCUT2D eigenvalue weighted by Crippen LogP contribution is -2.28. The van der Waals surface area contributed by atoms with Gasteiger partial charge >= 0.3 is 0 Å². The van der Waals surface area contributed by atoms with Gasteiger partial charge in [0.1, 0.15) is 0 Å². The molecule has 0 aliphatic carbocycles. The third-order valence-corrected chi connectivity index (χ3v) is 5.19. The summed E-state index contributed by atoms with van der Waals surface area (Å²) in [4.78, 5) is 6.38. The van der Waals surface area contributed by atoms with Crippen LogP contribution in [0.25, 0.3) is 0 Å². The molecule has 2 saturated heterocycles. The second kappa shape index (κ2) is 14.3. The Morgan fingerprint density at radius 1 is 0.897 bits per heavy atom. The van der Waals surface area contributed by atoms with Gasteiger partial charge < -0.3 is 14.2 Å². The van der Waals surface area contributed by atoms with Crippen molar-refractivity contribution in [2.24, 2.45) is 25.9 Å². The Morgan fingerprint density at radius 3 is 1.72 bits per heavy atom. The average Bonchev–Trinajstić information content (AvgIpc) is 3.26. The molecule has 0 atom stereocenters. The highest BCUT2D eigenvalue weighted by atomic mass is 16.5. The van der Waals surface area contributed by atoms with Gasteiger partial charge in [-0.05, 0) is 77.1 Å². The molecule has 4 heterocycles. The van der Waals surface area contributed by atoms with Gasteiger partial charge in [-0.25, -0.2) is 4.98 Å². The predicted octanol–water partition coefficient (Wildman–Crippen LogP) is 4.24. The van der Waals surface area contributed by atoms with Gasteiger partial charge in [-0.15, -0.1) is 0 Å². The lowest BCUT2D eigenvalue weighted by molar-refractivity contribution is 0.0716. The van der Waals surface area contributed by atoms with Crippen molar-refractivity contribution in [2.45, 2.75) is 53.4 Å². The minimum atomic E-state index is 0.911. The van der Waals surface area contributed by atoms with E-state index in [1.807, 2.05) is 51.1 Å². The quantitative estimate of drug-likeness (QED) is 0.658. The zero-order valence-corrected chi connectivity index (χ0v) is 19.8. The average molecular weight is 406 g/mol. The highest BCUT2D eigenvalue weighted by Gasteiger charge is 2.10. The van der Waals surface area contributed by atoms with E-state index in [1.54, 1.807) is 11.0 Å². The number of piperidine rings is 1. The molecule has 0 radical (unpaired) electrons. The van der Waals surface area contributed by atoms with Gasteiger partial charge in [-0.2, -0.15) is 5.10 Å². The van der Waals surface area contributed by atoms with Gasteiger partial charge in [-0.1, -0.05) is 13.8 Å². The Balaban J connectivity index is 0.000000194. The summed E-state index contributed by atoms with van der Waals surface area (Å²) in [6.07, 6.45) is 12.9. The number of ether oxygens (including phenoxy) is 1. The van der Waals surface area contributed by atoms with Crippen molar-refractivity contribution in [1.82, 2.24) is 24.2 Å². The Kier molecular flexibility index (Phi) is 12.6. The van der Waals surface area contributed by atoms with Crippen LogP contribution in [0.2, 0.25) is 0 Å². The minimum absolute atomic E-state index is 0.911. The van der Waals surface area contributed by atoms with Crippen molar-refractivity contribution in [1.29, 1.82) is 0 Å². The number of imidazole rings is 1. The monoisotopic (exact) mass is 405 g/mol. The second-order valence-corrected chi connectivity index (χ2v) is 8.65. The van der Waals surface area contributed by atoms with E-state index in [4.69, 9.17) is 4.74 Å². The SMILES string of the molecule is CC1CCN(C)CC1.CC1CCOCC1.Cc1cn(C)cn1.Cc1cnn(C)c1. The van der Waals surface area contributed by atoms with E-state index in [0.717, 1.165) is 30.7 Å². The molecule has 6 heteroatoms. The maximum absolute atomic E-state index is 5.14. The molecule has 0 spiro atoms. The van der Waals surface area contributed by atoms with Crippen LogP contribution in [0.4, 0.5) is 0 Å². The molecule has 2 aromatic rings. The third-order valence-electron chi connectivity index (χ3n) is 5.19. The number of aryl methyl sites for hydroxylation is 4. The largest absolute Gasteiger partial charge is 0.381 e. The summed E-state index contributed by atoms with van der Waals surface area (Å²) < 4.78 is 8.85. The van der Waals surface area contributed by atoms with Crippen LogP contribution in [-0.2, 0) is 18.8 Å². The Morgan fingerprint density at radius 2 is 1.48 bits per heavy atom. The fourth-order valence-electron chi connectivity index (χ4n) is 3.04. The molecule has 0 saturated carbocycles. The number of nitrogens with zero attached hydrogens (tertiary/aromatic N) is 5. The van der Waals surface area contributed by atoms with Crippen LogP contribution in [0.1, 0.15) is 50.8 Å². The van der Waals surface area contributed by atoms with Gasteiger partial charge in [0, 0.05) is 39.7 Å². The van der Waals surface area contributed by atoms with Crippen LogP contribution in [0, 0.1) is 25.7 Å². The molecular formula is C23H43N5O. The normalized spacial score (nSPS) is 17.9. The van der Waals surface area contributed by atoms with E-state index in [2.05, 4.69) is 35.9 Å². The van der Waals surface area contributed by atoms with Crippen molar-refractivity contribution < 1.29 is 4.74 Å². The zero-order chi connectivity index (χ0) is 21.6. The van der Waals surface area contributed by atoms with Crippen LogP contribution in [0.5, 0.6) is 0 Å². The van der Waals surface area contributed by atoms with E-state index in [9.17, 15) is 0 Å². The Labute approximate surface area is 178 Å². The number of hydrogen-bond acceptors (Lipinski definition) is 4. The fraction of sp³-hybridized carbons (Fsp3) is 0.739. The standard InChI is InChI=1S/C7H15N.C6H12O.2C5H8N2/c1-7-3-5-8(2)6-4-7;1-6-2-4-7-5-3-6;1-5-3-7(2)4-6-5;1-5-3-6-7(2)4-5/h7H,3-6H2,1-2H3;6H,2-5H2,1H3;2*3-4H,1-2H3. The highest BCUT2D eigenvalue weighted by molar-refractivity contribution is 4.98. The molecule has 6 nitrogen and oxygen atoms in total. The molecule has 166 valence electrons. The van der Waals surface area contributed by atoms with Crippen molar-refractivity contribution in [3.05, 3.63) is 36.2 Å². The zero-order valence-electron chi connectivity index (χ0n) is 19.8. The van der Waals surface area contributed by atoms with Crippen LogP contribution in [0.3, 0.4) is 0 Å². The van der Waals surface area contributed by atoms with E-state index >= 15 is 0 Å². The number of hydrogen-bond donors (Lipinski definition) is 0. The number of aromatic nitrogens is 4. The summed E-state index contributed by atoms with van der Waals surface area (Å²) >= 11 is 0. The van der Waals surface area contributed by atoms with Crippen LogP contribution in [-0.4, -0.2) is 57.6 Å². The Bertz CT molecular complexity index is 556. The smallest absolute Gasteiger partial charge is 0.0946 e. The summed E-state index contributed by atoms with van der Waals surface area (Å²) in [6.45, 7) is 13.2. The first kappa shape index (κ1) is 25.4. The molecule has 29 heavy (non-hydrogen) atoms. The molecule has 0 aromatic carbocycles. The van der Waals surface area contributed by atoms with Gasteiger partial charge in [0.15, 0.2) is 0 Å². The molecule has 0 amide bonds. The summed E-state index contributed by atoms with van der Waals surface area (Å²) in [5.41, 5.74) is 2.28. The van der Waals surface area contributed by atoms with Crippen LogP contribution in [0.15, 0.2) is 24.9 Å². The molecular weight excluding hydrogens is 362 g/mol. The first-order valence-corrected chi connectivity index (χ1v) is 10.9. The van der Waals surface area contributed by atoms with E-state index in [1.165, 1.54) is 44.3 Å². The molecule has 0 unspecified atom stereocenters. The fourth-order valence-corrected chi connectivity index (χ4v) is 3.04. The lowest BCUT2D eigenvalue weighted by Gasteiger charge is -2.26. The summed E-state index contributed by atoms with van der Waals surface area (Å²) in [7, 11) is 6.07. The van der Waals surface area contributed by atoms with E-state index in [-0.39, 0.29) is 0 Å².